The van der Waals surface area contributed by atoms with Crippen LogP contribution in [0.3, 0.4) is 0 Å². The lowest BCUT2D eigenvalue weighted by Gasteiger charge is -2.35. The number of anilines is 1. The van der Waals surface area contributed by atoms with Crippen LogP contribution < -0.4 is 4.90 Å². The standard InChI is InChI=1S/C22H22N4O/c27-22(25-15-13-24(14-16-25)20-7-3-1-4-8-20)12-11-19-17-23-26(18-19)21-9-5-2-6-10-21/h1-12,17-18H,13-16H2/b12-11+. The molecule has 0 spiro atoms. The Morgan fingerprint density at radius 1 is 0.852 bits per heavy atom. The summed E-state index contributed by atoms with van der Waals surface area (Å²) in [5.74, 6) is 0.0511. The van der Waals surface area contributed by atoms with E-state index in [1.54, 1.807) is 12.3 Å². The van der Waals surface area contributed by atoms with E-state index >= 15 is 0 Å². The molecule has 0 unspecified atom stereocenters. The predicted octanol–water partition coefficient (Wildman–Crippen LogP) is 3.23. The Hall–Kier alpha value is -3.34. The lowest BCUT2D eigenvalue weighted by atomic mass is 10.2. The molecule has 1 fully saturated rings. The molecule has 136 valence electrons. The zero-order chi connectivity index (χ0) is 18.5. The summed E-state index contributed by atoms with van der Waals surface area (Å²) in [6.07, 6.45) is 7.17. The van der Waals surface area contributed by atoms with Crippen LogP contribution in [0.2, 0.25) is 0 Å². The third-order valence-electron chi connectivity index (χ3n) is 4.75. The van der Waals surface area contributed by atoms with Crippen LogP contribution in [-0.2, 0) is 4.79 Å². The van der Waals surface area contributed by atoms with Gasteiger partial charge in [-0.2, -0.15) is 5.10 Å². The quantitative estimate of drug-likeness (QED) is 0.673. The average molecular weight is 358 g/mol. The largest absolute Gasteiger partial charge is 0.368 e. The molecule has 1 aromatic heterocycles. The highest BCUT2D eigenvalue weighted by molar-refractivity contribution is 5.91. The first-order valence-corrected chi connectivity index (χ1v) is 9.17. The number of hydrogen-bond donors (Lipinski definition) is 0. The maximum Gasteiger partial charge on any atom is 0.246 e. The van der Waals surface area contributed by atoms with Crippen molar-refractivity contribution in [2.24, 2.45) is 0 Å². The smallest absolute Gasteiger partial charge is 0.246 e. The number of aromatic nitrogens is 2. The fraction of sp³-hybridized carbons (Fsp3) is 0.182. The molecule has 0 aliphatic carbocycles. The van der Waals surface area contributed by atoms with Crippen molar-refractivity contribution in [2.45, 2.75) is 0 Å². The van der Waals surface area contributed by atoms with E-state index in [-0.39, 0.29) is 5.91 Å². The van der Waals surface area contributed by atoms with Crippen molar-refractivity contribution in [2.75, 3.05) is 31.1 Å². The highest BCUT2D eigenvalue weighted by Crippen LogP contribution is 2.16. The monoisotopic (exact) mass is 358 g/mol. The van der Waals surface area contributed by atoms with Crippen molar-refractivity contribution >= 4 is 17.7 Å². The fourth-order valence-corrected chi connectivity index (χ4v) is 3.24. The van der Waals surface area contributed by atoms with Crippen LogP contribution in [0.5, 0.6) is 0 Å². The number of piperazine rings is 1. The van der Waals surface area contributed by atoms with E-state index < -0.39 is 0 Å². The van der Waals surface area contributed by atoms with E-state index in [0.717, 1.165) is 37.4 Å². The van der Waals surface area contributed by atoms with Gasteiger partial charge in [-0.1, -0.05) is 36.4 Å². The number of hydrogen-bond acceptors (Lipinski definition) is 3. The van der Waals surface area contributed by atoms with E-state index in [1.165, 1.54) is 5.69 Å². The van der Waals surface area contributed by atoms with E-state index in [2.05, 4.69) is 22.1 Å². The molecular weight excluding hydrogens is 336 g/mol. The number of nitrogens with zero attached hydrogens (tertiary/aromatic N) is 4. The van der Waals surface area contributed by atoms with Gasteiger partial charge in [0, 0.05) is 49.7 Å². The second-order valence-electron chi connectivity index (χ2n) is 6.54. The van der Waals surface area contributed by atoms with Gasteiger partial charge in [-0.3, -0.25) is 4.79 Å². The van der Waals surface area contributed by atoms with Gasteiger partial charge in [0.05, 0.1) is 11.9 Å². The highest BCUT2D eigenvalue weighted by atomic mass is 16.2. The number of carbonyl (C=O) groups excluding carboxylic acids is 1. The molecule has 0 radical (unpaired) electrons. The van der Waals surface area contributed by atoms with Gasteiger partial charge in [0.2, 0.25) is 5.91 Å². The van der Waals surface area contributed by atoms with Crippen molar-refractivity contribution in [1.29, 1.82) is 0 Å². The first-order valence-electron chi connectivity index (χ1n) is 9.17. The number of rotatable bonds is 4. The molecule has 2 aromatic carbocycles. The van der Waals surface area contributed by atoms with Gasteiger partial charge >= 0.3 is 0 Å². The first kappa shape index (κ1) is 17.1. The van der Waals surface area contributed by atoms with E-state index in [0.29, 0.717) is 0 Å². The van der Waals surface area contributed by atoms with Gasteiger partial charge in [-0.05, 0) is 30.3 Å². The van der Waals surface area contributed by atoms with Crippen molar-refractivity contribution < 1.29 is 4.79 Å². The minimum Gasteiger partial charge on any atom is -0.368 e. The Balaban J connectivity index is 1.34. The predicted molar refractivity (Wildman–Crippen MR) is 108 cm³/mol. The summed E-state index contributed by atoms with van der Waals surface area (Å²) in [6.45, 7) is 3.19. The summed E-state index contributed by atoms with van der Waals surface area (Å²) in [5, 5.41) is 4.35. The van der Waals surface area contributed by atoms with Crippen LogP contribution in [0.4, 0.5) is 5.69 Å². The second-order valence-corrected chi connectivity index (χ2v) is 6.54. The molecule has 5 nitrogen and oxygen atoms in total. The van der Waals surface area contributed by atoms with Crippen LogP contribution in [0.1, 0.15) is 5.56 Å². The molecule has 1 saturated heterocycles. The Kier molecular flexibility index (Phi) is 5.01. The summed E-state index contributed by atoms with van der Waals surface area (Å²) in [4.78, 5) is 16.7. The topological polar surface area (TPSA) is 41.4 Å². The van der Waals surface area contributed by atoms with Crippen LogP contribution in [0, 0.1) is 0 Å². The van der Waals surface area contributed by atoms with Crippen LogP contribution in [0.15, 0.2) is 79.1 Å². The third kappa shape index (κ3) is 4.08. The Morgan fingerprint density at radius 3 is 2.15 bits per heavy atom. The molecule has 1 aliphatic rings. The van der Waals surface area contributed by atoms with E-state index in [4.69, 9.17) is 0 Å². The molecule has 4 rings (SSSR count). The van der Waals surface area contributed by atoms with Gasteiger partial charge in [0.1, 0.15) is 0 Å². The number of para-hydroxylation sites is 2. The normalized spacial score (nSPS) is 14.7. The molecule has 0 saturated carbocycles. The average Bonchev–Trinajstić information content (AvgIpc) is 3.22. The third-order valence-corrected chi connectivity index (χ3v) is 4.75. The number of carbonyl (C=O) groups is 1. The van der Waals surface area contributed by atoms with Crippen LogP contribution in [0.25, 0.3) is 11.8 Å². The number of benzene rings is 2. The Morgan fingerprint density at radius 2 is 1.48 bits per heavy atom. The lowest BCUT2D eigenvalue weighted by Crippen LogP contribution is -2.48. The minimum atomic E-state index is 0.0511. The van der Waals surface area contributed by atoms with Gasteiger partial charge in [0.15, 0.2) is 0 Å². The van der Waals surface area contributed by atoms with Gasteiger partial charge in [0.25, 0.3) is 0 Å². The number of amides is 1. The zero-order valence-corrected chi connectivity index (χ0v) is 15.1. The lowest BCUT2D eigenvalue weighted by molar-refractivity contribution is -0.126. The Labute approximate surface area is 159 Å². The van der Waals surface area contributed by atoms with Crippen LogP contribution in [-0.4, -0.2) is 46.8 Å². The molecule has 0 N–H and O–H groups in total. The molecule has 5 heteroatoms. The summed E-state index contributed by atoms with van der Waals surface area (Å²) in [6, 6.07) is 20.3. The maximum absolute atomic E-state index is 12.5. The van der Waals surface area contributed by atoms with E-state index in [1.807, 2.05) is 70.4 Å². The maximum atomic E-state index is 12.5. The van der Waals surface area contributed by atoms with Crippen molar-refractivity contribution in [3.05, 3.63) is 84.7 Å². The zero-order valence-electron chi connectivity index (χ0n) is 15.1. The summed E-state index contributed by atoms with van der Waals surface area (Å²) >= 11 is 0. The molecular formula is C22H22N4O. The minimum absolute atomic E-state index is 0.0511. The summed E-state index contributed by atoms with van der Waals surface area (Å²) in [5.41, 5.74) is 3.13. The molecule has 27 heavy (non-hydrogen) atoms. The highest BCUT2D eigenvalue weighted by Gasteiger charge is 2.19. The molecule has 1 aliphatic heterocycles. The van der Waals surface area contributed by atoms with Gasteiger partial charge in [-0.15, -0.1) is 0 Å². The van der Waals surface area contributed by atoms with Crippen LogP contribution >= 0.6 is 0 Å². The molecule has 0 atom stereocenters. The second kappa shape index (κ2) is 7.91. The van der Waals surface area contributed by atoms with Crippen molar-refractivity contribution in [3.63, 3.8) is 0 Å². The molecule has 1 amide bonds. The fourth-order valence-electron chi connectivity index (χ4n) is 3.24. The van der Waals surface area contributed by atoms with Crippen molar-refractivity contribution in [1.82, 2.24) is 14.7 Å². The van der Waals surface area contributed by atoms with Crippen molar-refractivity contribution in [3.8, 4) is 5.69 Å². The first-order chi connectivity index (χ1) is 13.3. The molecule has 2 heterocycles. The van der Waals surface area contributed by atoms with Gasteiger partial charge < -0.3 is 9.80 Å². The summed E-state index contributed by atoms with van der Waals surface area (Å²) < 4.78 is 1.81. The Bertz CT molecular complexity index is 910. The summed E-state index contributed by atoms with van der Waals surface area (Å²) in [7, 11) is 0. The molecule has 3 aromatic rings. The SMILES string of the molecule is O=C(/C=C/c1cnn(-c2ccccc2)c1)N1CCN(c2ccccc2)CC1. The molecule has 0 bridgehead atoms. The van der Waals surface area contributed by atoms with Gasteiger partial charge in [-0.25, -0.2) is 4.68 Å². The van der Waals surface area contributed by atoms with E-state index in [9.17, 15) is 4.79 Å².